The molecule has 0 bridgehead atoms. The zero-order chi connectivity index (χ0) is 46.4. The van der Waals surface area contributed by atoms with Gasteiger partial charge in [0.1, 0.15) is 0 Å². The molecule has 13 rings (SSSR count). The van der Waals surface area contributed by atoms with E-state index in [0.29, 0.717) is 0 Å². The molecular formula is C68H46N2. The van der Waals surface area contributed by atoms with Gasteiger partial charge in [0.25, 0.3) is 0 Å². The second-order valence-corrected chi connectivity index (χ2v) is 18.2. The van der Waals surface area contributed by atoms with Crippen molar-refractivity contribution >= 4 is 28.4 Å². The predicted octanol–water partition coefficient (Wildman–Crippen LogP) is 17.5. The minimum absolute atomic E-state index is 0.548. The van der Waals surface area contributed by atoms with Crippen LogP contribution in [0.25, 0.3) is 55.6 Å². The Morgan fingerprint density at radius 3 is 1.43 bits per heavy atom. The lowest BCUT2D eigenvalue weighted by atomic mass is 9.70. The summed E-state index contributed by atoms with van der Waals surface area (Å²) in [6.07, 6.45) is 7.07. The Hall–Kier alpha value is -9.16. The lowest BCUT2D eigenvalue weighted by Gasteiger charge is -2.32. The van der Waals surface area contributed by atoms with Crippen LogP contribution in [0.3, 0.4) is 0 Å². The molecule has 10 aromatic carbocycles. The van der Waals surface area contributed by atoms with Crippen LogP contribution in [0.2, 0.25) is 0 Å². The van der Waals surface area contributed by atoms with Crippen LogP contribution in [0, 0.1) is 11.8 Å². The van der Waals surface area contributed by atoms with Crippen molar-refractivity contribution < 1.29 is 0 Å². The highest BCUT2D eigenvalue weighted by atomic mass is 15.2. The van der Waals surface area contributed by atoms with E-state index in [1.54, 1.807) is 0 Å². The first-order valence-electron chi connectivity index (χ1n) is 24.1. The Balaban J connectivity index is 0.974. The van der Waals surface area contributed by atoms with Gasteiger partial charge in [-0.2, -0.15) is 0 Å². The molecule has 10 aromatic rings. The van der Waals surface area contributed by atoms with E-state index in [0.717, 1.165) is 40.6 Å². The average molecular weight is 891 g/mol. The maximum absolute atomic E-state index is 3.25. The van der Waals surface area contributed by atoms with Crippen molar-refractivity contribution in [3.05, 3.63) is 295 Å². The van der Waals surface area contributed by atoms with Gasteiger partial charge in [-0.25, -0.2) is 0 Å². The summed E-state index contributed by atoms with van der Waals surface area (Å²) in [6, 6.07) is 91.4. The highest BCUT2D eigenvalue weighted by molar-refractivity contribution is 6.01. The second kappa shape index (κ2) is 17.2. The topological polar surface area (TPSA) is 6.48 Å². The summed E-state index contributed by atoms with van der Waals surface area (Å²) in [6.45, 7) is 0. The van der Waals surface area contributed by atoms with Crippen LogP contribution in [0.15, 0.2) is 273 Å². The SMILES string of the molecule is C1#CCC=CC(N(c2ccccc2)c2ccc(-c3ccc4c(c3)C3(c5ccccc5-4)c4ccccc4-c4c(N(c5ccc(-c6ccccc6)cc5)c5ccc(-c6ccccc6)cc5)cccc43)cc2)=C1. The summed E-state index contributed by atoms with van der Waals surface area (Å²) in [5.74, 6) is 6.47. The van der Waals surface area contributed by atoms with Crippen molar-refractivity contribution in [1.29, 1.82) is 0 Å². The van der Waals surface area contributed by atoms with Gasteiger partial charge in [-0.1, -0.05) is 206 Å². The molecule has 1 unspecified atom stereocenters. The molecule has 328 valence electrons. The molecule has 3 aliphatic carbocycles. The first-order chi connectivity index (χ1) is 34.7. The van der Waals surface area contributed by atoms with Gasteiger partial charge in [0.05, 0.1) is 16.8 Å². The monoisotopic (exact) mass is 890 g/mol. The number of hydrogen-bond acceptors (Lipinski definition) is 2. The molecule has 2 nitrogen and oxygen atoms in total. The Kier molecular flexibility index (Phi) is 10.1. The number of para-hydroxylation sites is 1. The third-order valence-electron chi connectivity index (χ3n) is 14.4. The maximum atomic E-state index is 3.25. The van der Waals surface area contributed by atoms with E-state index in [2.05, 4.69) is 283 Å². The molecular weight excluding hydrogens is 845 g/mol. The predicted molar refractivity (Wildman–Crippen MR) is 292 cm³/mol. The summed E-state index contributed by atoms with van der Waals surface area (Å²) in [7, 11) is 0. The van der Waals surface area contributed by atoms with Gasteiger partial charge in [0.15, 0.2) is 0 Å². The van der Waals surface area contributed by atoms with E-state index in [4.69, 9.17) is 0 Å². The molecule has 0 saturated carbocycles. The lowest BCUT2D eigenvalue weighted by molar-refractivity contribution is 0.794. The van der Waals surface area contributed by atoms with Crippen LogP contribution in [0.1, 0.15) is 28.7 Å². The summed E-state index contributed by atoms with van der Waals surface area (Å²) in [5.41, 5.74) is 23.4. The normalized spacial score (nSPS) is 14.6. The molecule has 0 saturated heterocycles. The summed E-state index contributed by atoms with van der Waals surface area (Å²) in [5, 5.41) is 0. The van der Waals surface area contributed by atoms with Crippen LogP contribution in [-0.2, 0) is 5.41 Å². The molecule has 0 radical (unpaired) electrons. The van der Waals surface area contributed by atoms with Crippen molar-refractivity contribution in [3.63, 3.8) is 0 Å². The number of nitrogens with zero attached hydrogens (tertiary/aromatic N) is 2. The number of rotatable bonds is 9. The quantitative estimate of drug-likeness (QED) is 0.133. The van der Waals surface area contributed by atoms with E-state index < -0.39 is 5.41 Å². The number of anilines is 5. The van der Waals surface area contributed by atoms with Gasteiger partial charge >= 0.3 is 0 Å². The van der Waals surface area contributed by atoms with Crippen molar-refractivity contribution in [2.75, 3.05) is 9.80 Å². The second-order valence-electron chi connectivity index (χ2n) is 18.2. The average Bonchev–Trinajstić information content (AvgIpc) is 3.74. The van der Waals surface area contributed by atoms with Crippen molar-refractivity contribution in [3.8, 4) is 67.5 Å². The number of fused-ring (bicyclic) bond motifs is 10. The van der Waals surface area contributed by atoms with E-state index in [9.17, 15) is 0 Å². The molecule has 3 aliphatic rings. The molecule has 0 aromatic heterocycles. The standard InChI is InChI=1S/C68H46N2/c1-2-11-24-54(23-10-1)69(55-25-12-5-13-26-55)56-40-37-52(38-41-56)53-39-46-60-59-27-14-16-29-62(59)68(65(60)47-53)63-30-17-15-28-61(63)67-64(68)31-18-32-66(67)70(57-42-33-50(34-43-57)48-19-6-3-7-20-48)58-44-35-51(36-45-58)49-21-8-4-9-22-49/h3-10,12-47H,1H2. The minimum Gasteiger partial charge on any atom is -0.310 e. The van der Waals surface area contributed by atoms with Crippen LogP contribution < -0.4 is 9.80 Å². The van der Waals surface area contributed by atoms with E-state index in [1.807, 2.05) is 6.08 Å². The maximum Gasteiger partial charge on any atom is 0.0726 e. The third-order valence-corrected chi connectivity index (χ3v) is 14.4. The molecule has 0 N–H and O–H groups in total. The van der Waals surface area contributed by atoms with Gasteiger partial charge in [0.2, 0.25) is 0 Å². The van der Waals surface area contributed by atoms with Crippen molar-refractivity contribution in [2.24, 2.45) is 0 Å². The summed E-state index contributed by atoms with van der Waals surface area (Å²) < 4.78 is 0. The fraction of sp³-hybridized carbons (Fsp3) is 0.0294. The van der Waals surface area contributed by atoms with Gasteiger partial charge in [-0.05, 0) is 139 Å². The van der Waals surface area contributed by atoms with Gasteiger partial charge in [0, 0.05) is 40.8 Å². The van der Waals surface area contributed by atoms with Gasteiger partial charge < -0.3 is 9.80 Å². The largest absolute Gasteiger partial charge is 0.310 e. The molecule has 70 heavy (non-hydrogen) atoms. The van der Waals surface area contributed by atoms with Crippen molar-refractivity contribution in [2.45, 2.75) is 11.8 Å². The Morgan fingerprint density at radius 1 is 0.343 bits per heavy atom. The highest BCUT2D eigenvalue weighted by Gasteiger charge is 2.52. The zero-order valence-corrected chi connectivity index (χ0v) is 38.5. The molecule has 0 amide bonds. The number of allylic oxidation sites excluding steroid dienone is 3. The Morgan fingerprint density at radius 2 is 0.800 bits per heavy atom. The van der Waals surface area contributed by atoms with Crippen LogP contribution in [0.5, 0.6) is 0 Å². The molecule has 0 aliphatic heterocycles. The molecule has 1 spiro atoms. The molecule has 0 fully saturated rings. The van der Waals surface area contributed by atoms with E-state index >= 15 is 0 Å². The number of hydrogen-bond donors (Lipinski definition) is 0. The Bertz CT molecular complexity index is 3630. The van der Waals surface area contributed by atoms with Crippen LogP contribution >= 0.6 is 0 Å². The number of benzene rings is 10. The first-order valence-corrected chi connectivity index (χ1v) is 24.1. The fourth-order valence-electron chi connectivity index (χ4n) is 11.3. The Labute approximate surface area is 410 Å². The molecule has 2 heteroatoms. The van der Waals surface area contributed by atoms with Gasteiger partial charge in [-0.3, -0.25) is 0 Å². The van der Waals surface area contributed by atoms with Crippen molar-refractivity contribution in [1.82, 2.24) is 0 Å². The van der Waals surface area contributed by atoms with Gasteiger partial charge in [-0.15, -0.1) is 0 Å². The van der Waals surface area contributed by atoms with Crippen LogP contribution in [-0.4, -0.2) is 0 Å². The smallest absolute Gasteiger partial charge is 0.0726 e. The van der Waals surface area contributed by atoms with Crippen LogP contribution in [0.4, 0.5) is 28.4 Å². The summed E-state index contributed by atoms with van der Waals surface area (Å²) in [4.78, 5) is 4.75. The fourth-order valence-corrected chi connectivity index (χ4v) is 11.3. The zero-order valence-electron chi connectivity index (χ0n) is 38.5. The highest BCUT2D eigenvalue weighted by Crippen LogP contribution is 2.65. The minimum atomic E-state index is -0.548. The molecule has 1 atom stereocenters. The molecule has 0 heterocycles. The third kappa shape index (κ3) is 6.74. The van der Waals surface area contributed by atoms with E-state index in [1.165, 1.54) is 77.9 Å². The van der Waals surface area contributed by atoms with E-state index in [-0.39, 0.29) is 0 Å². The summed E-state index contributed by atoms with van der Waals surface area (Å²) >= 11 is 0. The lowest BCUT2D eigenvalue weighted by Crippen LogP contribution is -2.26. The first kappa shape index (κ1) is 41.1.